The van der Waals surface area contributed by atoms with Crippen molar-refractivity contribution in [2.75, 3.05) is 20.2 Å². The number of hydrogen-bond donors (Lipinski definition) is 1. The highest BCUT2D eigenvalue weighted by Crippen LogP contribution is 2.18. The lowest BCUT2D eigenvalue weighted by Gasteiger charge is -2.28. The Bertz CT molecular complexity index is 210. The molecule has 1 fully saturated rings. The standard InChI is InChI=1S/C10H20N2OS/c1-7(10(11)14)6-12(3)9-4-5-13-8(9)2/h7-9H,4-6H2,1-3H3,(H2,11,14). The van der Waals surface area contributed by atoms with E-state index in [0.717, 1.165) is 19.6 Å². The first-order valence-electron chi connectivity index (χ1n) is 5.13. The molecule has 1 heterocycles. The predicted octanol–water partition coefficient (Wildman–Crippen LogP) is 1.02. The highest BCUT2D eigenvalue weighted by atomic mass is 32.1. The zero-order chi connectivity index (χ0) is 10.7. The minimum absolute atomic E-state index is 0.280. The van der Waals surface area contributed by atoms with Gasteiger partial charge in [0, 0.05) is 25.1 Å². The second-order valence-electron chi connectivity index (χ2n) is 4.17. The zero-order valence-corrected chi connectivity index (χ0v) is 10.0. The van der Waals surface area contributed by atoms with E-state index in [0.29, 0.717) is 17.1 Å². The van der Waals surface area contributed by atoms with E-state index in [-0.39, 0.29) is 5.92 Å². The Morgan fingerprint density at radius 3 is 2.79 bits per heavy atom. The first-order valence-corrected chi connectivity index (χ1v) is 5.54. The van der Waals surface area contributed by atoms with Crippen LogP contribution in [0.5, 0.6) is 0 Å². The van der Waals surface area contributed by atoms with Crippen LogP contribution in [0, 0.1) is 5.92 Å². The number of rotatable bonds is 4. The Labute approximate surface area is 91.6 Å². The van der Waals surface area contributed by atoms with Crippen molar-refractivity contribution < 1.29 is 4.74 Å². The van der Waals surface area contributed by atoms with Crippen molar-refractivity contribution in [1.29, 1.82) is 0 Å². The highest BCUT2D eigenvalue weighted by molar-refractivity contribution is 7.80. The highest BCUT2D eigenvalue weighted by Gasteiger charge is 2.28. The van der Waals surface area contributed by atoms with Gasteiger partial charge in [0.2, 0.25) is 0 Å². The molecule has 3 nitrogen and oxygen atoms in total. The molecule has 3 unspecified atom stereocenters. The van der Waals surface area contributed by atoms with Crippen molar-refractivity contribution >= 4 is 17.2 Å². The lowest BCUT2D eigenvalue weighted by atomic mass is 10.1. The van der Waals surface area contributed by atoms with Crippen LogP contribution in [0.25, 0.3) is 0 Å². The number of nitrogens with zero attached hydrogens (tertiary/aromatic N) is 1. The number of hydrogen-bond acceptors (Lipinski definition) is 3. The summed E-state index contributed by atoms with van der Waals surface area (Å²) in [4.78, 5) is 2.91. The molecule has 0 aromatic rings. The van der Waals surface area contributed by atoms with Crippen LogP contribution in [0.3, 0.4) is 0 Å². The molecule has 0 aromatic heterocycles. The summed E-state index contributed by atoms with van der Waals surface area (Å²) in [6.45, 7) is 5.99. The van der Waals surface area contributed by atoms with Crippen LogP contribution in [0.1, 0.15) is 20.3 Å². The largest absolute Gasteiger partial charge is 0.393 e. The molecule has 3 atom stereocenters. The maximum absolute atomic E-state index is 5.59. The molecular formula is C10H20N2OS. The van der Waals surface area contributed by atoms with Crippen LogP contribution in [0.4, 0.5) is 0 Å². The van der Waals surface area contributed by atoms with Crippen LogP contribution >= 0.6 is 12.2 Å². The van der Waals surface area contributed by atoms with Crippen LogP contribution in [0.15, 0.2) is 0 Å². The van der Waals surface area contributed by atoms with Crippen LogP contribution < -0.4 is 5.73 Å². The van der Waals surface area contributed by atoms with Crippen molar-refractivity contribution in [3.05, 3.63) is 0 Å². The fourth-order valence-corrected chi connectivity index (χ4v) is 2.03. The Morgan fingerprint density at radius 1 is 1.71 bits per heavy atom. The Hall–Kier alpha value is -0.190. The molecular weight excluding hydrogens is 196 g/mol. The molecule has 0 amide bonds. The van der Waals surface area contributed by atoms with Gasteiger partial charge in [0.05, 0.1) is 11.1 Å². The average molecular weight is 216 g/mol. The van der Waals surface area contributed by atoms with Crippen LogP contribution in [0.2, 0.25) is 0 Å². The lowest BCUT2D eigenvalue weighted by molar-refractivity contribution is 0.0818. The van der Waals surface area contributed by atoms with E-state index in [1.54, 1.807) is 0 Å². The molecule has 0 radical (unpaired) electrons. The summed E-state index contributed by atoms with van der Waals surface area (Å²) in [7, 11) is 2.12. The van der Waals surface area contributed by atoms with Gasteiger partial charge in [0.1, 0.15) is 0 Å². The Kier molecular flexibility index (Phi) is 4.29. The van der Waals surface area contributed by atoms with E-state index in [2.05, 4.69) is 25.8 Å². The summed E-state index contributed by atoms with van der Waals surface area (Å²) < 4.78 is 5.52. The fourth-order valence-electron chi connectivity index (χ4n) is 1.96. The normalized spacial score (nSPS) is 29.4. The maximum Gasteiger partial charge on any atom is 0.0768 e. The maximum atomic E-state index is 5.59. The molecule has 0 saturated carbocycles. The first kappa shape index (κ1) is 11.9. The molecule has 2 N–H and O–H groups in total. The quantitative estimate of drug-likeness (QED) is 0.712. The van der Waals surface area contributed by atoms with E-state index >= 15 is 0 Å². The molecule has 0 aliphatic carbocycles. The van der Waals surface area contributed by atoms with Gasteiger partial charge in [-0.05, 0) is 20.4 Å². The Morgan fingerprint density at radius 2 is 2.36 bits per heavy atom. The zero-order valence-electron chi connectivity index (χ0n) is 9.19. The minimum atomic E-state index is 0.280. The van der Waals surface area contributed by atoms with Crippen LogP contribution in [-0.2, 0) is 4.74 Å². The summed E-state index contributed by atoms with van der Waals surface area (Å²) in [6, 6.07) is 0.520. The summed E-state index contributed by atoms with van der Waals surface area (Å²) in [5, 5.41) is 0. The van der Waals surface area contributed by atoms with Gasteiger partial charge in [-0.25, -0.2) is 0 Å². The molecule has 1 aliphatic rings. The second-order valence-corrected chi connectivity index (χ2v) is 4.65. The monoisotopic (exact) mass is 216 g/mol. The van der Waals surface area contributed by atoms with Gasteiger partial charge in [-0.1, -0.05) is 19.1 Å². The van der Waals surface area contributed by atoms with Crippen molar-refractivity contribution in [3.8, 4) is 0 Å². The molecule has 1 aliphatic heterocycles. The topological polar surface area (TPSA) is 38.5 Å². The SMILES string of the molecule is CC(CN(C)C1CCOC1C)C(N)=S. The van der Waals surface area contributed by atoms with Crippen molar-refractivity contribution in [2.24, 2.45) is 11.7 Å². The molecule has 1 saturated heterocycles. The number of nitrogens with two attached hydrogens (primary N) is 1. The average Bonchev–Trinajstić information content (AvgIpc) is 2.51. The smallest absolute Gasteiger partial charge is 0.0768 e. The summed E-state index contributed by atoms with van der Waals surface area (Å²) in [5.74, 6) is 0.280. The van der Waals surface area contributed by atoms with E-state index in [1.165, 1.54) is 0 Å². The predicted molar refractivity (Wildman–Crippen MR) is 62.4 cm³/mol. The molecule has 14 heavy (non-hydrogen) atoms. The van der Waals surface area contributed by atoms with Crippen LogP contribution in [-0.4, -0.2) is 42.2 Å². The van der Waals surface area contributed by atoms with Gasteiger partial charge in [0.15, 0.2) is 0 Å². The minimum Gasteiger partial charge on any atom is -0.393 e. The van der Waals surface area contributed by atoms with Crippen molar-refractivity contribution in [3.63, 3.8) is 0 Å². The molecule has 82 valence electrons. The number of thiocarbonyl (C=S) groups is 1. The van der Waals surface area contributed by atoms with Gasteiger partial charge < -0.3 is 15.4 Å². The van der Waals surface area contributed by atoms with Gasteiger partial charge in [0.25, 0.3) is 0 Å². The molecule has 0 spiro atoms. The summed E-state index contributed by atoms with van der Waals surface area (Å²) in [5.41, 5.74) is 5.59. The van der Waals surface area contributed by atoms with Gasteiger partial charge in [-0.15, -0.1) is 0 Å². The van der Waals surface area contributed by atoms with Gasteiger partial charge in [-0.3, -0.25) is 0 Å². The van der Waals surface area contributed by atoms with Gasteiger partial charge in [-0.2, -0.15) is 0 Å². The third-order valence-corrected chi connectivity index (χ3v) is 3.35. The van der Waals surface area contributed by atoms with E-state index in [1.807, 2.05) is 0 Å². The molecule has 0 aromatic carbocycles. The van der Waals surface area contributed by atoms with Gasteiger partial charge >= 0.3 is 0 Å². The number of ether oxygens (including phenoxy) is 1. The van der Waals surface area contributed by atoms with Crippen molar-refractivity contribution in [2.45, 2.75) is 32.4 Å². The number of likely N-dealkylation sites (N-methyl/N-ethyl adjacent to an activating group) is 1. The molecule has 1 rings (SSSR count). The third kappa shape index (κ3) is 2.90. The molecule has 4 heteroatoms. The lowest BCUT2D eigenvalue weighted by Crippen LogP contribution is -2.41. The van der Waals surface area contributed by atoms with E-state index in [4.69, 9.17) is 22.7 Å². The fraction of sp³-hybridized carbons (Fsp3) is 0.900. The Balaban J connectivity index is 2.41. The van der Waals surface area contributed by atoms with E-state index < -0.39 is 0 Å². The second kappa shape index (κ2) is 5.05. The third-order valence-electron chi connectivity index (χ3n) is 2.95. The summed E-state index contributed by atoms with van der Waals surface area (Å²) >= 11 is 4.96. The van der Waals surface area contributed by atoms with E-state index in [9.17, 15) is 0 Å². The van der Waals surface area contributed by atoms with Crippen molar-refractivity contribution in [1.82, 2.24) is 4.90 Å². The first-order chi connectivity index (χ1) is 6.52. The summed E-state index contributed by atoms with van der Waals surface area (Å²) in [6.07, 6.45) is 1.44. The molecule has 0 bridgehead atoms.